The van der Waals surface area contributed by atoms with E-state index in [1.165, 1.54) is 0 Å². The van der Waals surface area contributed by atoms with Crippen LogP contribution in [0.15, 0.2) is 30.3 Å². The van der Waals surface area contributed by atoms with Gasteiger partial charge < -0.3 is 15.0 Å². The molecular formula is C14H20N2O2. The second kappa shape index (κ2) is 6.40. The number of amides is 1. The third-order valence-corrected chi connectivity index (χ3v) is 3.24. The Kier molecular flexibility index (Phi) is 4.59. The zero-order valence-corrected chi connectivity index (χ0v) is 10.8. The van der Waals surface area contributed by atoms with Crippen molar-refractivity contribution >= 4 is 6.09 Å². The predicted molar refractivity (Wildman–Crippen MR) is 70.2 cm³/mol. The molecule has 1 fully saturated rings. The van der Waals surface area contributed by atoms with Gasteiger partial charge in [0.1, 0.15) is 6.61 Å². The Balaban J connectivity index is 1.76. The summed E-state index contributed by atoms with van der Waals surface area (Å²) in [6, 6.07) is 9.76. The van der Waals surface area contributed by atoms with Gasteiger partial charge in [-0.1, -0.05) is 30.3 Å². The number of ether oxygens (including phenoxy) is 1. The van der Waals surface area contributed by atoms with Crippen LogP contribution in [0.25, 0.3) is 0 Å². The molecule has 0 aromatic heterocycles. The smallest absolute Gasteiger partial charge is 0.410 e. The Labute approximate surface area is 108 Å². The fraction of sp³-hybridized carbons (Fsp3) is 0.500. The number of carbonyl (C=O) groups excluding carboxylic acids is 1. The molecule has 1 aromatic rings. The predicted octanol–water partition coefficient (Wildman–Crippen LogP) is 1.86. The minimum atomic E-state index is -0.197. The normalized spacial score (nSPS) is 18.9. The second-order valence-electron chi connectivity index (χ2n) is 4.70. The van der Waals surface area contributed by atoms with E-state index in [9.17, 15) is 4.79 Å². The molecule has 1 aromatic carbocycles. The molecule has 1 aliphatic rings. The molecule has 0 unspecified atom stereocenters. The van der Waals surface area contributed by atoms with Crippen LogP contribution >= 0.6 is 0 Å². The molecular weight excluding hydrogens is 228 g/mol. The summed E-state index contributed by atoms with van der Waals surface area (Å²) < 4.78 is 5.31. The molecule has 0 spiro atoms. The summed E-state index contributed by atoms with van der Waals surface area (Å²) in [4.78, 5) is 13.6. The van der Waals surface area contributed by atoms with E-state index in [-0.39, 0.29) is 6.09 Å². The average molecular weight is 248 g/mol. The average Bonchev–Trinajstić information content (AvgIpc) is 2.86. The Morgan fingerprint density at radius 2 is 2.22 bits per heavy atom. The van der Waals surface area contributed by atoms with Gasteiger partial charge in [0, 0.05) is 13.1 Å². The van der Waals surface area contributed by atoms with E-state index in [2.05, 4.69) is 5.32 Å². The fourth-order valence-electron chi connectivity index (χ4n) is 2.26. The zero-order valence-electron chi connectivity index (χ0n) is 10.8. The maximum Gasteiger partial charge on any atom is 0.410 e. The van der Waals surface area contributed by atoms with Crippen molar-refractivity contribution in [1.29, 1.82) is 0 Å². The summed E-state index contributed by atoms with van der Waals surface area (Å²) in [6.45, 7) is 2.92. The number of benzene rings is 1. The van der Waals surface area contributed by atoms with Crippen LogP contribution < -0.4 is 5.32 Å². The maximum absolute atomic E-state index is 11.9. The van der Waals surface area contributed by atoms with Crippen LogP contribution in [0.4, 0.5) is 4.79 Å². The van der Waals surface area contributed by atoms with Crippen molar-refractivity contribution in [2.45, 2.75) is 13.0 Å². The van der Waals surface area contributed by atoms with Gasteiger partial charge in [-0.3, -0.25) is 0 Å². The van der Waals surface area contributed by atoms with Gasteiger partial charge in [0.2, 0.25) is 0 Å². The number of likely N-dealkylation sites (tertiary alicyclic amines) is 1. The molecule has 0 aliphatic carbocycles. The van der Waals surface area contributed by atoms with Crippen LogP contribution in [0.3, 0.4) is 0 Å². The molecule has 2 rings (SSSR count). The number of hydrogen-bond acceptors (Lipinski definition) is 3. The first-order valence-electron chi connectivity index (χ1n) is 6.40. The summed E-state index contributed by atoms with van der Waals surface area (Å²) in [5, 5.41) is 3.15. The van der Waals surface area contributed by atoms with E-state index < -0.39 is 0 Å². The maximum atomic E-state index is 11.9. The van der Waals surface area contributed by atoms with E-state index in [0.717, 1.165) is 31.6 Å². The highest BCUT2D eigenvalue weighted by Crippen LogP contribution is 2.16. The lowest BCUT2D eigenvalue weighted by Gasteiger charge is -2.16. The van der Waals surface area contributed by atoms with Crippen LogP contribution in [0.1, 0.15) is 12.0 Å². The van der Waals surface area contributed by atoms with Crippen LogP contribution in [-0.2, 0) is 11.3 Å². The topological polar surface area (TPSA) is 41.6 Å². The van der Waals surface area contributed by atoms with Crippen LogP contribution in [0.2, 0.25) is 0 Å². The lowest BCUT2D eigenvalue weighted by Crippen LogP contribution is -2.30. The monoisotopic (exact) mass is 248 g/mol. The van der Waals surface area contributed by atoms with Gasteiger partial charge in [-0.05, 0) is 31.5 Å². The molecule has 1 aliphatic heterocycles. The molecule has 1 amide bonds. The molecule has 1 saturated heterocycles. The second-order valence-corrected chi connectivity index (χ2v) is 4.70. The first-order chi connectivity index (χ1) is 8.79. The highest BCUT2D eigenvalue weighted by molar-refractivity contribution is 5.68. The molecule has 1 heterocycles. The number of nitrogens with one attached hydrogen (secondary N) is 1. The van der Waals surface area contributed by atoms with Crippen molar-refractivity contribution in [1.82, 2.24) is 10.2 Å². The van der Waals surface area contributed by atoms with Crippen LogP contribution in [0.5, 0.6) is 0 Å². The van der Waals surface area contributed by atoms with Crippen molar-refractivity contribution in [2.75, 3.05) is 26.7 Å². The van der Waals surface area contributed by atoms with Crippen molar-refractivity contribution in [3.63, 3.8) is 0 Å². The van der Waals surface area contributed by atoms with E-state index in [1.54, 1.807) is 4.90 Å². The zero-order chi connectivity index (χ0) is 12.8. The van der Waals surface area contributed by atoms with Gasteiger partial charge in [0.15, 0.2) is 0 Å². The summed E-state index contributed by atoms with van der Waals surface area (Å²) >= 11 is 0. The van der Waals surface area contributed by atoms with Crippen molar-refractivity contribution in [3.8, 4) is 0 Å². The molecule has 1 N–H and O–H groups in total. The number of carbonyl (C=O) groups is 1. The summed E-state index contributed by atoms with van der Waals surface area (Å²) in [7, 11) is 1.94. The lowest BCUT2D eigenvalue weighted by molar-refractivity contribution is 0.103. The first kappa shape index (κ1) is 12.9. The summed E-state index contributed by atoms with van der Waals surface area (Å²) in [6.07, 6.45) is 0.860. The van der Waals surface area contributed by atoms with E-state index in [0.29, 0.717) is 12.5 Å². The van der Waals surface area contributed by atoms with Crippen LogP contribution in [-0.4, -0.2) is 37.7 Å². The Bertz CT molecular complexity index is 381. The lowest BCUT2D eigenvalue weighted by atomic mass is 10.1. The third kappa shape index (κ3) is 3.47. The Morgan fingerprint density at radius 1 is 1.44 bits per heavy atom. The van der Waals surface area contributed by atoms with Gasteiger partial charge in [-0.2, -0.15) is 0 Å². The number of hydrogen-bond donors (Lipinski definition) is 1. The molecule has 18 heavy (non-hydrogen) atoms. The Hall–Kier alpha value is -1.55. The van der Waals surface area contributed by atoms with Gasteiger partial charge in [-0.25, -0.2) is 4.79 Å². The van der Waals surface area contributed by atoms with E-state index in [4.69, 9.17) is 4.74 Å². The van der Waals surface area contributed by atoms with Crippen molar-refractivity contribution < 1.29 is 9.53 Å². The summed E-state index contributed by atoms with van der Waals surface area (Å²) in [5.41, 5.74) is 1.02. The molecule has 0 bridgehead atoms. The van der Waals surface area contributed by atoms with Crippen molar-refractivity contribution in [2.24, 2.45) is 5.92 Å². The van der Waals surface area contributed by atoms with E-state index >= 15 is 0 Å². The minimum absolute atomic E-state index is 0.197. The standard InChI is InChI=1S/C14H20N2O2/c1-15-9-13-7-8-16(10-13)14(17)18-11-12-5-3-2-4-6-12/h2-6,13,15H,7-11H2,1H3/t13-/m0/s1. The fourth-order valence-corrected chi connectivity index (χ4v) is 2.26. The number of nitrogens with zero attached hydrogens (tertiary/aromatic N) is 1. The molecule has 4 heteroatoms. The highest BCUT2D eigenvalue weighted by atomic mass is 16.6. The Morgan fingerprint density at radius 3 is 2.94 bits per heavy atom. The van der Waals surface area contributed by atoms with Gasteiger partial charge in [0.05, 0.1) is 0 Å². The first-order valence-corrected chi connectivity index (χ1v) is 6.40. The van der Waals surface area contributed by atoms with Gasteiger partial charge in [0.25, 0.3) is 0 Å². The third-order valence-electron chi connectivity index (χ3n) is 3.24. The molecule has 4 nitrogen and oxygen atoms in total. The molecule has 98 valence electrons. The largest absolute Gasteiger partial charge is 0.445 e. The molecule has 0 radical (unpaired) electrons. The van der Waals surface area contributed by atoms with Gasteiger partial charge in [-0.15, -0.1) is 0 Å². The van der Waals surface area contributed by atoms with Gasteiger partial charge >= 0.3 is 6.09 Å². The quantitative estimate of drug-likeness (QED) is 0.884. The highest BCUT2D eigenvalue weighted by Gasteiger charge is 2.26. The van der Waals surface area contributed by atoms with Crippen molar-refractivity contribution in [3.05, 3.63) is 35.9 Å². The minimum Gasteiger partial charge on any atom is -0.445 e. The molecule has 0 saturated carbocycles. The van der Waals surface area contributed by atoms with E-state index in [1.807, 2.05) is 37.4 Å². The number of rotatable bonds is 4. The SMILES string of the molecule is CNC[C@@H]1CCN(C(=O)OCc2ccccc2)C1. The van der Waals surface area contributed by atoms with Crippen LogP contribution in [0, 0.1) is 5.92 Å². The summed E-state index contributed by atoms with van der Waals surface area (Å²) in [5.74, 6) is 0.555. The molecule has 1 atom stereocenters.